The number of nitrogens with zero attached hydrogens (tertiary/aromatic N) is 3. The zero-order chi connectivity index (χ0) is 25.4. The number of carbonyl (C=O) groups excluding carboxylic acids is 4. The Morgan fingerprint density at radius 1 is 1.15 bits per heavy atom. The number of amides is 5. The van der Waals surface area contributed by atoms with Gasteiger partial charge in [-0.2, -0.15) is 13.5 Å². The molecule has 3 rings (SSSR count). The number of hydroxylamine groups is 2. The van der Waals surface area contributed by atoms with Crippen LogP contribution in [0.25, 0.3) is 0 Å². The van der Waals surface area contributed by atoms with Gasteiger partial charge in [-0.3, -0.25) is 25.0 Å². The third-order valence-electron chi connectivity index (χ3n) is 5.49. The summed E-state index contributed by atoms with van der Waals surface area (Å²) in [4.78, 5) is 52.7. The number of likely N-dealkylation sites (tertiary alicyclic amines) is 1. The number of hydrazine groups is 1. The van der Waals surface area contributed by atoms with Gasteiger partial charge >= 0.3 is 22.5 Å². The first-order valence-electron chi connectivity index (χ1n) is 10.7. The molecule has 2 saturated heterocycles. The summed E-state index contributed by atoms with van der Waals surface area (Å²) in [5.41, 5.74) is 4.39. The first-order valence-corrected chi connectivity index (χ1v) is 12.1. The highest BCUT2D eigenvalue weighted by Gasteiger charge is 2.49. The largest absolute Gasteiger partial charge is 0.444 e. The number of ether oxygens (including phenoxy) is 1. The molecular formula is C19H29N5O9S. The quantitative estimate of drug-likeness (QED) is 0.270. The summed E-state index contributed by atoms with van der Waals surface area (Å²) in [6.45, 7) is 7.35. The molecular weight excluding hydrogens is 474 g/mol. The Balaban J connectivity index is 1.58. The van der Waals surface area contributed by atoms with Crippen LogP contribution in [-0.4, -0.2) is 89.1 Å². The van der Waals surface area contributed by atoms with E-state index < -0.39 is 57.9 Å². The SMILES string of the molecule is CC1=C[C@@H]2CN(C(=O)N2OS(=O)(=O)O)[C@@H]1C(=O)NNC(=O)[C@@H]1CCCN(C(=O)OC(C)(C)C)C1. The van der Waals surface area contributed by atoms with Crippen molar-refractivity contribution < 1.29 is 41.2 Å². The summed E-state index contributed by atoms with van der Waals surface area (Å²) < 4.78 is 40.6. The molecule has 0 aromatic rings. The van der Waals surface area contributed by atoms with Crippen LogP contribution in [0.4, 0.5) is 9.59 Å². The zero-order valence-corrected chi connectivity index (χ0v) is 20.1. The second kappa shape index (κ2) is 9.38. The first-order chi connectivity index (χ1) is 15.7. The Morgan fingerprint density at radius 2 is 1.79 bits per heavy atom. The molecule has 34 heavy (non-hydrogen) atoms. The molecule has 190 valence electrons. The molecule has 2 bridgehead atoms. The van der Waals surface area contributed by atoms with Crippen molar-refractivity contribution in [2.75, 3.05) is 19.6 Å². The zero-order valence-electron chi connectivity index (χ0n) is 19.3. The van der Waals surface area contributed by atoms with Crippen LogP contribution >= 0.6 is 0 Å². The van der Waals surface area contributed by atoms with Crippen LogP contribution < -0.4 is 10.9 Å². The van der Waals surface area contributed by atoms with E-state index in [2.05, 4.69) is 15.1 Å². The maximum absolute atomic E-state index is 12.8. The third-order valence-corrected chi connectivity index (χ3v) is 5.84. The Morgan fingerprint density at radius 3 is 2.41 bits per heavy atom. The lowest BCUT2D eigenvalue weighted by molar-refractivity contribution is -0.133. The molecule has 3 aliphatic rings. The molecule has 0 spiro atoms. The molecule has 15 heteroatoms. The van der Waals surface area contributed by atoms with Crippen molar-refractivity contribution in [2.45, 2.75) is 58.2 Å². The standard InChI is InChI=1S/C19H29N5O9S/c1-11-8-13-10-23(17(27)24(13)33-34(29,30)31)14(11)16(26)21-20-15(25)12-6-5-7-22(9-12)18(28)32-19(2,3)4/h8,12-14H,5-7,9-10H2,1-4H3,(H,20,25)(H,21,26)(H,29,30,31)/t12-,13-,14+/m1/s1. The number of rotatable bonds is 4. The molecule has 0 unspecified atom stereocenters. The third kappa shape index (κ3) is 5.95. The minimum absolute atomic E-state index is 0.0504. The molecule has 3 heterocycles. The van der Waals surface area contributed by atoms with Gasteiger partial charge in [-0.25, -0.2) is 9.59 Å². The number of fused-ring (bicyclic) bond motifs is 2. The lowest BCUT2D eigenvalue weighted by Gasteiger charge is -2.33. The number of hydrogen-bond acceptors (Lipinski definition) is 8. The van der Waals surface area contributed by atoms with Crippen molar-refractivity contribution in [3.8, 4) is 0 Å². The number of piperidine rings is 1. The number of hydrogen-bond donors (Lipinski definition) is 3. The van der Waals surface area contributed by atoms with Crippen molar-refractivity contribution in [1.29, 1.82) is 0 Å². The maximum Gasteiger partial charge on any atom is 0.418 e. The van der Waals surface area contributed by atoms with Gasteiger partial charge in [0, 0.05) is 13.1 Å². The van der Waals surface area contributed by atoms with E-state index in [0.29, 0.717) is 30.0 Å². The Kier molecular flexibility index (Phi) is 7.10. The molecule has 3 N–H and O–H groups in total. The molecule has 3 aliphatic heterocycles. The van der Waals surface area contributed by atoms with Gasteiger partial charge in [0.05, 0.1) is 18.5 Å². The van der Waals surface area contributed by atoms with E-state index in [1.165, 1.54) is 11.0 Å². The lowest BCUT2D eigenvalue weighted by Crippen LogP contribution is -2.56. The van der Waals surface area contributed by atoms with Gasteiger partial charge in [0.15, 0.2) is 0 Å². The minimum atomic E-state index is -4.93. The molecule has 14 nitrogen and oxygen atoms in total. The van der Waals surface area contributed by atoms with Gasteiger partial charge in [-0.1, -0.05) is 6.08 Å². The molecule has 5 amide bonds. The van der Waals surface area contributed by atoms with E-state index in [-0.39, 0.29) is 13.1 Å². The summed E-state index contributed by atoms with van der Waals surface area (Å²) >= 11 is 0. The summed E-state index contributed by atoms with van der Waals surface area (Å²) in [7, 11) is -4.93. The Labute approximate surface area is 197 Å². The van der Waals surface area contributed by atoms with Gasteiger partial charge in [-0.15, -0.1) is 4.28 Å². The van der Waals surface area contributed by atoms with E-state index in [9.17, 15) is 27.6 Å². The molecule has 0 saturated carbocycles. The van der Waals surface area contributed by atoms with E-state index in [4.69, 9.17) is 9.29 Å². The second-order valence-electron chi connectivity index (χ2n) is 9.39. The Hall–Kier alpha value is -2.91. The summed E-state index contributed by atoms with van der Waals surface area (Å²) in [5.74, 6) is -1.79. The van der Waals surface area contributed by atoms with Crippen LogP contribution in [0.5, 0.6) is 0 Å². The average molecular weight is 504 g/mol. The van der Waals surface area contributed by atoms with Crippen molar-refractivity contribution in [3.05, 3.63) is 11.6 Å². The smallest absolute Gasteiger partial charge is 0.418 e. The number of urea groups is 1. The summed E-state index contributed by atoms with van der Waals surface area (Å²) in [6, 6.07) is -2.86. The molecule has 0 aromatic carbocycles. The molecule has 3 atom stereocenters. The van der Waals surface area contributed by atoms with Crippen LogP contribution in [0, 0.1) is 5.92 Å². The van der Waals surface area contributed by atoms with Crippen LogP contribution in [0.3, 0.4) is 0 Å². The normalized spacial score (nSPS) is 25.1. The van der Waals surface area contributed by atoms with Crippen molar-refractivity contribution in [1.82, 2.24) is 25.7 Å². The monoisotopic (exact) mass is 503 g/mol. The summed E-state index contributed by atoms with van der Waals surface area (Å²) in [5, 5.41) is 0.470. The van der Waals surface area contributed by atoms with Crippen LogP contribution in [0.15, 0.2) is 11.6 Å². The number of carbonyl (C=O) groups is 4. The van der Waals surface area contributed by atoms with E-state index >= 15 is 0 Å². The lowest BCUT2D eigenvalue weighted by atomic mass is 9.97. The van der Waals surface area contributed by atoms with Crippen LogP contribution in [0.2, 0.25) is 0 Å². The molecule has 0 aliphatic carbocycles. The highest BCUT2D eigenvalue weighted by Crippen LogP contribution is 2.30. The number of nitrogens with one attached hydrogen (secondary N) is 2. The predicted octanol–water partition coefficient (Wildman–Crippen LogP) is -0.0500. The first kappa shape index (κ1) is 25.7. The molecule has 0 radical (unpaired) electrons. The Bertz CT molecular complexity index is 1010. The minimum Gasteiger partial charge on any atom is -0.444 e. The van der Waals surface area contributed by atoms with Crippen molar-refractivity contribution in [2.24, 2.45) is 5.92 Å². The fourth-order valence-corrected chi connectivity index (χ4v) is 4.49. The van der Waals surface area contributed by atoms with Gasteiger partial charge in [0.25, 0.3) is 5.91 Å². The van der Waals surface area contributed by atoms with Gasteiger partial charge in [0.2, 0.25) is 5.91 Å². The van der Waals surface area contributed by atoms with Crippen LogP contribution in [0.1, 0.15) is 40.5 Å². The maximum atomic E-state index is 12.8. The van der Waals surface area contributed by atoms with Crippen molar-refractivity contribution in [3.63, 3.8) is 0 Å². The molecule has 0 aromatic heterocycles. The van der Waals surface area contributed by atoms with E-state index in [1.807, 2.05) is 0 Å². The van der Waals surface area contributed by atoms with Crippen molar-refractivity contribution >= 4 is 34.3 Å². The van der Waals surface area contributed by atoms with E-state index in [1.54, 1.807) is 27.7 Å². The van der Waals surface area contributed by atoms with Gasteiger partial charge in [-0.05, 0) is 46.1 Å². The topological polar surface area (TPSA) is 175 Å². The predicted molar refractivity (Wildman–Crippen MR) is 115 cm³/mol. The van der Waals surface area contributed by atoms with E-state index in [0.717, 1.165) is 4.90 Å². The van der Waals surface area contributed by atoms with Gasteiger partial charge in [0.1, 0.15) is 11.6 Å². The summed E-state index contributed by atoms with van der Waals surface area (Å²) in [6.07, 6.45) is 2.05. The van der Waals surface area contributed by atoms with Crippen LogP contribution in [-0.2, 0) is 29.0 Å². The fourth-order valence-electron chi connectivity index (χ4n) is 4.11. The molecule has 2 fully saturated rings. The fraction of sp³-hybridized carbons (Fsp3) is 0.684. The highest BCUT2D eigenvalue weighted by atomic mass is 32.3. The highest BCUT2D eigenvalue weighted by molar-refractivity contribution is 7.80. The second-order valence-corrected chi connectivity index (χ2v) is 10.4. The average Bonchev–Trinajstić information content (AvgIpc) is 2.94. The van der Waals surface area contributed by atoms with Gasteiger partial charge < -0.3 is 14.5 Å².